The van der Waals surface area contributed by atoms with Gasteiger partial charge in [0.1, 0.15) is 5.01 Å². The maximum atomic E-state index is 11.1. The summed E-state index contributed by atoms with van der Waals surface area (Å²) < 4.78 is 0. The minimum absolute atomic E-state index is 0.0920. The van der Waals surface area contributed by atoms with Gasteiger partial charge in [0.05, 0.1) is 5.69 Å². The maximum Gasteiger partial charge on any atom is 0.219 e. The van der Waals surface area contributed by atoms with Gasteiger partial charge in [-0.25, -0.2) is 4.98 Å². The van der Waals surface area contributed by atoms with Crippen LogP contribution in [0.2, 0.25) is 0 Å². The molecule has 0 unspecified atom stereocenters. The molecule has 0 aliphatic carbocycles. The van der Waals surface area contributed by atoms with Gasteiger partial charge in [-0.1, -0.05) is 31.2 Å². The molecular weight excluding hydrogens is 256 g/mol. The molecule has 3 nitrogen and oxygen atoms in total. The molecule has 100 valence electrons. The molecule has 0 radical (unpaired) electrons. The van der Waals surface area contributed by atoms with Crippen LogP contribution < -0.4 is 5.32 Å². The van der Waals surface area contributed by atoms with Gasteiger partial charge in [0.2, 0.25) is 5.91 Å². The highest BCUT2D eigenvalue weighted by molar-refractivity contribution is 7.13. The Morgan fingerprint density at radius 2 is 2.16 bits per heavy atom. The van der Waals surface area contributed by atoms with Crippen molar-refractivity contribution in [1.29, 1.82) is 0 Å². The van der Waals surface area contributed by atoms with E-state index in [0.29, 0.717) is 13.0 Å². The summed E-state index contributed by atoms with van der Waals surface area (Å²) in [6.07, 6.45) is 1.32. The molecule has 1 N–H and O–H groups in total. The number of rotatable bonds is 5. The van der Waals surface area contributed by atoms with E-state index in [-0.39, 0.29) is 5.91 Å². The molecule has 19 heavy (non-hydrogen) atoms. The molecule has 2 aromatic rings. The molecule has 2 rings (SSSR count). The number of carbonyl (C=O) groups is 1. The summed E-state index contributed by atoms with van der Waals surface area (Å²) in [5.74, 6) is 0.0920. The Balaban J connectivity index is 2.00. The molecule has 0 aliphatic rings. The van der Waals surface area contributed by atoms with Crippen molar-refractivity contribution in [2.24, 2.45) is 0 Å². The number of hydrogen-bond acceptors (Lipinski definition) is 3. The van der Waals surface area contributed by atoms with Gasteiger partial charge < -0.3 is 5.32 Å². The second-order valence-corrected chi connectivity index (χ2v) is 5.27. The molecule has 0 fully saturated rings. The van der Waals surface area contributed by atoms with Crippen LogP contribution in [0.5, 0.6) is 0 Å². The Kier molecular flexibility index (Phi) is 4.68. The molecule has 0 atom stereocenters. The zero-order valence-corrected chi connectivity index (χ0v) is 12.1. The van der Waals surface area contributed by atoms with Gasteiger partial charge in [0, 0.05) is 30.3 Å². The number of carbonyl (C=O) groups excluding carboxylic acids is 1. The molecule has 0 aliphatic heterocycles. The van der Waals surface area contributed by atoms with Crippen LogP contribution in [-0.2, 0) is 11.2 Å². The normalized spacial score (nSPS) is 10.4. The van der Waals surface area contributed by atoms with Crippen molar-refractivity contribution >= 4 is 17.2 Å². The van der Waals surface area contributed by atoms with E-state index in [1.54, 1.807) is 11.3 Å². The first-order valence-electron chi connectivity index (χ1n) is 6.47. The van der Waals surface area contributed by atoms with Gasteiger partial charge in [-0.3, -0.25) is 4.79 Å². The van der Waals surface area contributed by atoms with Crippen LogP contribution >= 0.6 is 11.3 Å². The van der Waals surface area contributed by atoms with Crippen LogP contribution in [-0.4, -0.2) is 17.4 Å². The number of aryl methyl sites for hydroxylation is 1. The first-order chi connectivity index (χ1) is 9.20. The fraction of sp³-hybridized carbons (Fsp3) is 0.333. The highest BCUT2D eigenvalue weighted by atomic mass is 32.1. The monoisotopic (exact) mass is 274 g/mol. The Labute approximate surface area is 117 Å². The number of benzene rings is 1. The minimum Gasteiger partial charge on any atom is -0.356 e. The first-order valence-corrected chi connectivity index (χ1v) is 7.35. The number of aromatic nitrogens is 1. The molecule has 1 heterocycles. The molecular formula is C15H18N2OS. The van der Waals surface area contributed by atoms with Crippen LogP contribution in [0.1, 0.15) is 24.6 Å². The number of amides is 1. The number of nitrogens with one attached hydrogen (secondary N) is 1. The van der Waals surface area contributed by atoms with Crippen LogP contribution in [0.15, 0.2) is 29.6 Å². The lowest BCUT2D eigenvalue weighted by atomic mass is 10.1. The fourth-order valence-electron chi connectivity index (χ4n) is 1.81. The predicted molar refractivity (Wildman–Crippen MR) is 79.3 cm³/mol. The first kappa shape index (κ1) is 13.7. The Hall–Kier alpha value is -1.68. The van der Waals surface area contributed by atoms with E-state index in [9.17, 15) is 4.79 Å². The molecule has 1 aromatic carbocycles. The van der Waals surface area contributed by atoms with Crippen molar-refractivity contribution in [2.75, 3.05) is 6.54 Å². The number of hydrogen-bond donors (Lipinski definition) is 1. The van der Waals surface area contributed by atoms with Crippen molar-refractivity contribution in [3.8, 4) is 10.6 Å². The topological polar surface area (TPSA) is 42.0 Å². The Morgan fingerprint density at radius 1 is 1.37 bits per heavy atom. The molecule has 1 amide bonds. The standard InChI is InChI=1S/C15H18N2OS/c1-3-14(18)16-9-8-12-10-19-15(17-12)13-7-5-4-6-11(13)2/h4-7,10H,3,8-9H2,1-2H3,(H,16,18). The minimum atomic E-state index is 0.0920. The van der Waals surface area contributed by atoms with E-state index >= 15 is 0 Å². The van der Waals surface area contributed by atoms with Crippen molar-refractivity contribution in [3.63, 3.8) is 0 Å². The van der Waals surface area contributed by atoms with Crippen LogP contribution in [0.4, 0.5) is 0 Å². The van der Waals surface area contributed by atoms with E-state index < -0.39 is 0 Å². The molecule has 0 spiro atoms. The summed E-state index contributed by atoms with van der Waals surface area (Å²) in [5.41, 5.74) is 3.47. The van der Waals surface area contributed by atoms with Crippen molar-refractivity contribution in [3.05, 3.63) is 40.9 Å². The molecule has 0 saturated carbocycles. The summed E-state index contributed by atoms with van der Waals surface area (Å²) in [4.78, 5) is 15.8. The highest BCUT2D eigenvalue weighted by Crippen LogP contribution is 2.26. The SMILES string of the molecule is CCC(=O)NCCc1csc(-c2ccccc2C)n1. The van der Waals surface area contributed by atoms with Gasteiger partial charge in [-0.05, 0) is 12.5 Å². The zero-order valence-electron chi connectivity index (χ0n) is 11.3. The van der Waals surface area contributed by atoms with E-state index in [1.165, 1.54) is 11.1 Å². The van der Waals surface area contributed by atoms with Gasteiger partial charge in [-0.2, -0.15) is 0 Å². The Morgan fingerprint density at radius 3 is 2.89 bits per heavy atom. The second kappa shape index (κ2) is 6.48. The Bertz CT molecular complexity index is 563. The average molecular weight is 274 g/mol. The van der Waals surface area contributed by atoms with E-state index in [0.717, 1.165) is 17.1 Å². The number of thiazole rings is 1. The van der Waals surface area contributed by atoms with Gasteiger partial charge in [0.15, 0.2) is 0 Å². The molecule has 0 saturated heterocycles. The van der Waals surface area contributed by atoms with Gasteiger partial charge in [0.25, 0.3) is 0 Å². The van der Waals surface area contributed by atoms with Crippen molar-refractivity contribution in [1.82, 2.24) is 10.3 Å². The second-order valence-electron chi connectivity index (χ2n) is 4.41. The summed E-state index contributed by atoms with van der Waals surface area (Å²) in [5, 5.41) is 5.99. The fourth-order valence-corrected chi connectivity index (χ4v) is 2.76. The summed E-state index contributed by atoms with van der Waals surface area (Å²) >= 11 is 1.66. The van der Waals surface area contributed by atoms with E-state index in [2.05, 4.69) is 34.7 Å². The largest absolute Gasteiger partial charge is 0.356 e. The van der Waals surface area contributed by atoms with E-state index in [4.69, 9.17) is 0 Å². The lowest BCUT2D eigenvalue weighted by Crippen LogP contribution is -2.24. The quantitative estimate of drug-likeness (QED) is 0.910. The average Bonchev–Trinajstić information content (AvgIpc) is 2.87. The van der Waals surface area contributed by atoms with E-state index in [1.807, 2.05) is 19.1 Å². The van der Waals surface area contributed by atoms with Gasteiger partial charge >= 0.3 is 0 Å². The van der Waals surface area contributed by atoms with Crippen molar-refractivity contribution in [2.45, 2.75) is 26.7 Å². The predicted octanol–water partition coefficient (Wildman–Crippen LogP) is 3.19. The third-order valence-electron chi connectivity index (χ3n) is 2.95. The molecule has 1 aromatic heterocycles. The molecule has 4 heteroatoms. The lowest BCUT2D eigenvalue weighted by molar-refractivity contribution is -0.120. The van der Waals surface area contributed by atoms with Gasteiger partial charge in [-0.15, -0.1) is 11.3 Å². The summed E-state index contributed by atoms with van der Waals surface area (Å²) in [6.45, 7) is 4.61. The third-order valence-corrected chi connectivity index (χ3v) is 3.88. The lowest BCUT2D eigenvalue weighted by Gasteiger charge is -2.02. The van der Waals surface area contributed by atoms with Crippen LogP contribution in [0, 0.1) is 6.92 Å². The summed E-state index contributed by atoms with van der Waals surface area (Å²) in [7, 11) is 0. The smallest absolute Gasteiger partial charge is 0.219 e. The molecule has 0 bridgehead atoms. The van der Waals surface area contributed by atoms with Crippen molar-refractivity contribution < 1.29 is 4.79 Å². The number of nitrogens with zero attached hydrogens (tertiary/aromatic N) is 1. The third kappa shape index (κ3) is 3.64. The van der Waals surface area contributed by atoms with Crippen LogP contribution in [0.3, 0.4) is 0 Å². The zero-order chi connectivity index (χ0) is 13.7. The van der Waals surface area contributed by atoms with Crippen LogP contribution in [0.25, 0.3) is 10.6 Å². The summed E-state index contributed by atoms with van der Waals surface area (Å²) in [6, 6.07) is 8.26. The highest BCUT2D eigenvalue weighted by Gasteiger charge is 2.07. The maximum absolute atomic E-state index is 11.1.